The number of aromatic amines is 1. The zero-order valence-corrected chi connectivity index (χ0v) is 11.2. The fourth-order valence-corrected chi connectivity index (χ4v) is 2.35. The lowest BCUT2D eigenvalue weighted by atomic mass is 10.2. The van der Waals surface area contributed by atoms with Crippen molar-refractivity contribution in [1.82, 2.24) is 14.9 Å². The molecule has 2 heterocycles. The highest BCUT2D eigenvalue weighted by Crippen LogP contribution is 2.29. The number of amides is 1. The van der Waals surface area contributed by atoms with E-state index in [1.165, 1.54) is 4.90 Å². The van der Waals surface area contributed by atoms with Crippen LogP contribution in [0.5, 0.6) is 0 Å². The van der Waals surface area contributed by atoms with Gasteiger partial charge in [0.15, 0.2) is 0 Å². The smallest absolute Gasteiger partial charge is 0.408 e. The second kappa shape index (κ2) is 4.43. The van der Waals surface area contributed by atoms with Crippen LogP contribution < -0.4 is 0 Å². The van der Waals surface area contributed by atoms with Crippen molar-refractivity contribution in [2.45, 2.75) is 13.1 Å². The van der Waals surface area contributed by atoms with E-state index in [-0.39, 0.29) is 0 Å². The maximum absolute atomic E-state index is 10.9. The second-order valence-electron chi connectivity index (χ2n) is 4.28. The maximum Gasteiger partial charge on any atom is 0.408 e. The van der Waals surface area contributed by atoms with E-state index in [0.717, 1.165) is 17.0 Å². The molecule has 98 valence electrons. The number of benzene rings is 1. The molecule has 0 radical (unpaired) electrons. The highest BCUT2D eigenvalue weighted by Gasteiger charge is 2.26. The number of nitrogens with zero attached hydrogens (tertiary/aromatic N) is 2. The Morgan fingerprint density at radius 3 is 2.74 bits per heavy atom. The van der Waals surface area contributed by atoms with Crippen LogP contribution in [-0.2, 0) is 13.1 Å². The molecule has 5 nitrogen and oxygen atoms in total. The van der Waals surface area contributed by atoms with Crippen LogP contribution in [-0.4, -0.2) is 26.1 Å². The number of carbonyl (C=O) groups is 1. The molecule has 1 aliphatic rings. The minimum absolute atomic E-state index is 0.308. The largest absolute Gasteiger partial charge is 0.465 e. The normalized spacial score (nSPS) is 13.7. The number of hydrogen-bond donors (Lipinski definition) is 2. The first kappa shape index (κ1) is 12.3. The molecule has 0 atom stereocenters. The third-order valence-electron chi connectivity index (χ3n) is 3.02. The van der Waals surface area contributed by atoms with E-state index in [1.807, 2.05) is 6.07 Å². The zero-order chi connectivity index (χ0) is 13.6. The fourth-order valence-electron chi connectivity index (χ4n) is 2.05. The summed E-state index contributed by atoms with van der Waals surface area (Å²) in [6, 6.07) is 5.25. The summed E-state index contributed by atoms with van der Waals surface area (Å²) < 4.78 is 0. The molecule has 0 unspecified atom stereocenters. The molecule has 1 amide bonds. The Kier molecular flexibility index (Phi) is 2.88. The Morgan fingerprint density at radius 2 is 2.11 bits per heavy atom. The van der Waals surface area contributed by atoms with E-state index < -0.39 is 6.09 Å². The molecule has 1 aromatic carbocycles. The molecule has 0 bridgehead atoms. The third kappa shape index (κ3) is 2.15. The van der Waals surface area contributed by atoms with Gasteiger partial charge in [-0.15, -0.1) is 0 Å². The number of fused-ring (bicyclic) bond motifs is 1. The van der Waals surface area contributed by atoms with Gasteiger partial charge < -0.3 is 10.1 Å². The maximum atomic E-state index is 10.9. The minimum Gasteiger partial charge on any atom is -0.465 e. The van der Waals surface area contributed by atoms with Gasteiger partial charge in [0, 0.05) is 5.56 Å². The van der Waals surface area contributed by atoms with E-state index in [2.05, 4.69) is 9.97 Å². The van der Waals surface area contributed by atoms with E-state index in [1.54, 1.807) is 12.1 Å². The van der Waals surface area contributed by atoms with Crippen LogP contribution >= 0.6 is 23.2 Å². The van der Waals surface area contributed by atoms with Crippen LogP contribution in [0.4, 0.5) is 4.79 Å². The molecule has 0 spiro atoms. The molecular weight excluding hydrogens is 289 g/mol. The summed E-state index contributed by atoms with van der Waals surface area (Å²) in [5.41, 5.74) is 2.40. The zero-order valence-electron chi connectivity index (χ0n) is 9.65. The molecule has 7 heteroatoms. The molecule has 1 aromatic heterocycles. The molecule has 0 aliphatic carbocycles. The van der Waals surface area contributed by atoms with Gasteiger partial charge in [-0.3, -0.25) is 4.90 Å². The van der Waals surface area contributed by atoms with E-state index in [4.69, 9.17) is 28.3 Å². The molecule has 2 aromatic rings. The Bertz CT molecular complexity index is 645. The Hall–Kier alpha value is -1.72. The summed E-state index contributed by atoms with van der Waals surface area (Å²) in [5, 5.41) is 9.86. The van der Waals surface area contributed by atoms with Crippen molar-refractivity contribution in [1.29, 1.82) is 0 Å². The highest BCUT2D eigenvalue weighted by atomic mass is 35.5. The first-order chi connectivity index (χ1) is 9.04. The Balaban J connectivity index is 1.91. The predicted molar refractivity (Wildman–Crippen MR) is 71.3 cm³/mol. The van der Waals surface area contributed by atoms with E-state index >= 15 is 0 Å². The second-order valence-corrected chi connectivity index (χ2v) is 5.09. The van der Waals surface area contributed by atoms with Gasteiger partial charge in [0.05, 0.1) is 34.5 Å². The molecule has 0 fully saturated rings. The van der Waals surface area contributed by atoms with Crippen LogP contribution in [0.2, 0.25) is 10.0 Å². The van der Waals surface area contributed by atoms with Gasteiger partial charge in [-0.25, -0.2) is 9.78 Å². The van der Waals surface area contributed by atoms with Gasteiger partial charge in [0.2, 0.25) is 0 Å². The Morgan fingerprint density at radius 1 is 1.32 bits per heavy atom. The van der Waals surface area contributed by atoms with Gasteiger partial charge >= 0.3 is 6.09 Å². The quantitative estimate of drug-likeness (QED) is 0.848. The van der Waals surface area contributed by atoms with Gasteiger partial charge in [-0.05, 0) is 18.2 Å². The summed E-state index contributed by atoms with van der Waals surface area (Å²) in [6.07, 6.45) is -0.942. The van der Waals surface area contributed by atoms with E-state index in [9.17, 15) is 4.79 Å². The Labute approximate surface area is 118 Å². The molecule has 0 saturated heterocycles. The first-order valence-corrected chi connectivity index (χ1v) is 6.31. The van der Waals surface area contributed by atoms with Crippen molar-refractivity contribution in [2.24, 2.45) is 0 Å². The van der Waals surface area contributed by atoms with Crippen molar-refractivity contribution in [2.75, 3.05) is 0 Å². The average Bonchev–Trinajstić information content (AvgIpc) is 2.90. The SMILES string of the molecule is O=C(O)N1Cc2nc(-c3ccc(Cl)c(Cl)c3)[nH]c2C1. The number of aromatic nitrogens is 2. The molecule has 0 saturated carbocycles. The number of H-pyrrole nitrogens is 1. The standard InChI is InChI=1S/C12H9Cl2N3O2/c13-7-2-1-6(3-8(7)14)11-15-9-4-17(12(18)19)5-10(9)16-11/h1-3H,4-5H2,(H,15,16)(H,18,19). The van der Waals surface area contributed by atoms with Crippen molar-refractivity contribution in [3.63, 3.8) is 0 Å². The number of hydrogen-bond acceptors (Lipinski definition) is 2. The first-order valence-electron chi connectivity index (χ1n) is 5.55. The van der Waals surface area contributed by atoms with Crippen molar-refractivity contribution < 1.29 is 9.90 Å². The van der Waals surface area contributed by atoms with Crippen molar-refractivity contribution in [3.05, 3.63) is 39.6 Å². The van der Waals surface area contributed by atoms with Crippen LogP contribution in [0.3, 0.4) is 0 Å². The minimum atomic E-state index is -0.942. The van der Waals surface area contributed by atoms with Gasteiger partial charge in [-0.2, -0.15) is 0 Å². The van der Waals surface area contributed by atoms with Gasteiger partial charge in [0.25, 0.3) is 0 Å². The fraction of sp³-hybridized carbons (Fsp3) is 0.167. The predicted octanol–water partition coefficient (Wildman–Crippen LogP) is 3.38. The molecule has 19 heavy (non-hydrogen) atoms. The number of imidazole rings is 1. The lowest BCUT2D eigenvalue weighted by Crippen LogP contribution is -2.23. The summed E-state index contributed by atoms with van der Waals surface area (Å²) in [7, 11) is 0. The van der Waals surface area contributed by atoms with Crippen LogP contribution in [0.1, 0.15) is 11.4 Å². The van der Waals surface area contributed by atoms with Crippen LogP contribution in [0.25, 0.3) is 11.4 Å². The number of carboxylic acid groups (broad SMARTS) is 1. The monoisotopic (exact) mass is 297 g/mol. The molecule has 2 N–H and O–H groups in total. The average molecular weight is 298 g/mol. The summed E-state index contributed by atoms with van der Waals surface area (Å²) in [6.45, 7) is 0.640. The summed E-state index contributed by atoms with van der Waals surface area (Å²) >= 11 is 11.8. The lowest BCUT2D eigenvalue weighted by molar-refractivity contribution is 0.144. The molecule has 3 rings (SSSR count). The summed E-state index contributed by atoms with van der Waals surface area (Å²) in [5.74, 6) is 0.675. The molecular formula is C12H9Cl2N3O2. The van der Waals surface area contributed by atoms with Crippen LogP contribution in [0, 0.1) is 0 Å². The number of rotatable bonds is 1. The van der Waals surface area contributed by atoms with Crippen molar-refractivity contribution >= 4 is 29.3 Å². The number of halogens is 2. The topological polar surface area (TPSA) is 69.2 Å². The van der Waals surface area contributed by atoms with Gasteiger partial charge in [-0.1, -0.05) is 23.2 Å². The van der Waals surface area contributed by atoms with E-state index in [0.29, 0.717) is 29.0 Å². The van der Waals surface area contributed by atoms with Crippen molar-refractivity contribution in [3.8, 4) is 11.4 Å². The third-order valence-corrected chi connectivity index (χ3v) is 3.76. The number of nitrogens with one attached hydrogen (secondary N) is 1. The van der Waals surface area contributed by atoms with Crippen LogP contribution in [0.15, 0.2) is 18.2 Å². The lowest BCUT2D eigenvalue weighted by Gasteiger charge is -2.09. The molecule has 1 aliphatic heterocycles. The highest BCUT2D eigenvalue weighted by molar-refractivity contribution is 6.42. The van der Waals surface area contributed by atoms with Gasteiger partial charge in [0.1, 0.15) is 5.82 Å². The summed E-state index contributed by atoms with van der Waals surface area (Å²) in [4.78, 5) is 19.7.